The molecule has 1 aromatic rings. The summed E-state index contributed by atoms with van der Waals surface area (Å²) >= 11 is 0. The quantitative estimate of drug-likeness (QED) is 0.668. The number of carbonyl (C=O) groups is 1. The second-order valence-corrected chi connectivity index (χ2v) is 5.45. The fourth-order valence-corrected chi connectivity index (χ4v) is 2.38. The largest absolute Gasteiger partial charge is 0.396 e. The molecule has 0 fully saturated rings. The second-order valence-electron chi connectivity index (χ2n) is 5.45. The highest BCUT2D eigenvalue weighted by atomic mass is 16.2. The number of ketones is 1. The monoisotopic (exact) mass is 278 g/mol. The van der Waals surface area contributed by atoms with E-state index in [1.165, 1.54) is 0 Å². The highest BCUT2D eigenvalue weighted by Gasteiger charge is 2.14. The van der Waals surface area contributed by atoms with E-state index in [4.69, 9.17) is 5.11 Å². The van der Waals surface area contributed by atoms with Crippen molar-refractivity contribution in [3.63, 3.8) is 0 Å². The minimum absolute atomic E-state index is 0.218. The Morgan fingerprint density at radius 1 is 1.15 bits per heavy atom. The number of Topliss-reactive ketones (excluding diaryl/α,β-unsaturated/α-hetero) is 1. The molecular weight excluding hydrogens is 252 g/mol. The van der Waals surface area contributed by atoms with Gasteiger partial charge in [0.15, 0.2) is 0 Å². The van der Waals surface area contributed by atoms with Gasteiger partial charge in [0.2, 0.25) is 0 Å². The summed E-state index contributed by atoms with van der Waals surface area (Å²) in [5, 5.41) is 8.73. The molecule has 1 rings (SSSR count). The number of aliphatic hydroxyl groups excluding tert-OH is 1. The average Bonchev–Trinajstić information content (AvgIpc) is 2.42. The summed E-state index contributed by atoms with van der Waals surface area (Å²) in [6.07, 6.45) is 10.7. The van der Waals surface area contributed by atoms with Crippen molar-refractivity contribution in [3.05, 3.63) is 23.8 Å². The predicted molar refractivity (Wildman–Crippen MR) is 79.6 cm³/mol. The lowest BCUT2D eigenvalue weighted by molar-refractivity contribution is -0.117. The van der Waals surface area contributed by atoms with E-state index in [1.54, 1.807) is 6.92 Å². The van der Waals surface area contributed by atoms with Gasteiger partial charge in [0, 0.05) is 25.4 Å². The van der Waals surface area contributed by atoms with E-state index >= 15 is 0 Å². The van der Waals surface area contributed by atoms with Crippen LogP contribution in [0.3, 0.4) is 0 Å². The van der Waals surface area contributed by atoms with Gasteiger partial charge in [-0.1, -0.05) is 25.7 Å². The summed E-state index contributed by atoms with van der Waals surface area (Å²) in [4.78, 5) is 19.9. The third-order valence-corrected chi connectivity index (χ3v) is 3.52. The van der Waals surface area contributed by atoms with E-state index in [9.17, 15) is 4.79 Å². The maximum Gasteiger partial charge on any atom is 0.130 e. The van der Waals surface area contributed by atoms with Crippen LogP contribution in [0.15, 0.2) is 12.4 Å². The lowest BCUT2D eigenvalue weighted by atomic mass is 9.90. The van der Waals surface area contributed by atoms with Crippen molar-refractivity contribution in [1.29, 1.82) is 0 Å². The van der Waals surface area contributed by atoms with Gasteiger partial charge in [0.05, 0.1) is 0 Å². The van der Waals surface area contributed by atoms with Crippen LogP contribution in [-0.4, -0.2) is 27.5 Å². The Morgan fingerprint density at radius 3 is 2.35 bits per heavy atom. The number of hydrogen-bond acceptors (Lipinski definition) is 4. The molecule has 1 heterocycles. The summed E-state index contributed by atoms with van der Waals surface area (Å²) in [6, 6.07) is 0. The fraction of sp³-hybridized carbons (Fsp3) is 0.688. The van der Waals surface area contributed by atoms with E-state index in [0.29, 0.717) is 6.42 Å². The maximum absolute atomic E-state index is 11.4. The van der Waals surface area contributed by atoms with Gasteiger partial charge in [0.1, 0.15) is 11.6 Å². The molecule has 0 aromatic carbocycles. The van der Waals surface area contributed by atoms with Crippen molar-refractivity contribution in [1.82, 2.24) is 9.97 Å². The number of unbranched alkanes of at least 4 members (excludes halogenated alkanes) is 4. The van der Waals surface area contributed by atoms with Gasteiger partial charge in [-0.2, -0.15) is 0 Å². The zero-order valence-corrected chi connectivity index (χ0v) is 12.6. The van der Waals surface area contributed by atoms with Crippen LogP contribution in [0.5, 0.6) is 0 Å². The normalized spacial score (nSPS) is 12.3. The van der Waals surface area contributed by atoms with Crippen molar-refractivity contribution in [2.24, 2.45) is 0 Å². The van der Waals surface area contributed by atoms with Gasteiger partial charge in [-0.3, -0.25) is 0 Å². The van der Waals surface area contributed by atoms with E-state index in [-0.39, 0.29) is 18.3 Å². The van der Waals surface area contributed by atoms with Crippen LogP contribution >= 0.6 is 0 Å². The topological polar surface area (TPSA) is 63.1 Å². The van der Waals surface area contributed by atoms with Crippen molar-refractivity contribution in [3.8, 4) is 0 Å². The molecule has 0 radical (unpaired) electrons. The minimum atomic E-state index is 0.218. The van der Waals surface area contributed by atoms with Crippen molar-refractivity contribution in [2.45, 2.75) is 64.7 Å². The van der Waals surface area contributed by atoms with Crippen LogP contribution in [0.25, 0.3) is 0 Å². The SMILES string of the molecule is CC(=O)C[C@H](CCCCCCCO)c1cnc(C)nc1. The summed E-state index contributed by atoms with van der Waals surface area (Å²) in [7, 11) is 0. The summed E-state index contributed by atoms with van der Waals surface area (Å²) in [5.74, 6) is 1.22. The van der Waals surface area contributed by atoms with Gasteiger partial charge < -0.3 is 9.90 Å². The molecule has 20 heavy (non-hydrogen) atoms. The van der Waals surface area contributed by atoms with Crippen molar-refractivity contribution < 1.29 is 9.90 Å². The number of aromatic nitrogens is 2. The predicted octanol–water partition coefficient (Wildman–Crippen LogP) is 3.18. The van der Waals surface area contributed by atoms with Crippen LogP contribution in [-0.2, 0) is 4.79 Å². The number of aliphatic hydroxyl groups is 1. The van der Waals surface area contributed by atoms with Gasteiger partial charge in [0.25, 0.3) is 0 Å². The van der Waals surface area contributed by atoms with Crippen LogP contribution in [0.4, 0.5) is 0 Å². The Bertz CT molecular complexity index is 390. The van der Waals surface area contributed by atoms with Crippen LogP contribution in [0.1, 0.15) is 69.2 Å². The second kappa shape index (κ2) is 9.59. The molecular formula is C16H26N2O2. The molecule has 0 saturated carbocycles. The van der Waals surface area contributed by atoms with Gasteiger partial charge in [-0.15, -0.1) is 0 Å². The first kappa shape index (κ1) is 16.8. The summed E-state index contributed by atoms with van der Waals surface area (Å²) in [5.41, 5.74) is 1.07. The molecule has 0 unspecified atom stereocenters. The smallest absolute Gasteiger partial charge is 0.130 e. The molecule has 0 saturated heterocycles. The zero-order chi connectivity index (χ0) is 14.8. The fourth-order valence-electron chi connectivity index (χ4n) is 2.38. The lowest BCUT2D eigenvalue weighted by Crippen LogP contribution is -2.06. The van der Waals surface area contributed by atoms with Gasteiger partial charge in [-0.05, 0) is 38.2 Å². The number of carbonyl (C=O) groups excluding carboxylic acids is 1. The van der Waals surface area contributed by atoms with Crippen LogP contribution < -0.4 is 0 Å². The standard InChI is InChI=1S/C16H26N2O2/c1-13(20)10-15(8-6-4-3-5-7-9-19)16-11-17-14(2)18-12-16/h11-12,15,19H,3-10H2,1-2H3/t15-/m0/s1. The van der Waals surface area contributed by atoms with E-state index in [0.717, 1.165) is 49.9 Å². The molecule has 0 aliphatic rings. The van der Waals surface area contributed by atoms with Crippen LogP contribution in [0.2, 0.25) is 0 Å². The maximum atomic E-state index is 11.4. The third kappa shape index (κ3) is 6.75. The van der Waals surface area contributed by atoms with Gasteiger partial charge in [-0.25, -0.2) is 9.97 Å². The molecule has 1 atom stereocenters. The molecule has 0 aliphatic carbocycles. The Balaban J connectivity index is 2.44. The molecule has 112 valence electrons. The first-order valence-corrected chi connectivity index (χ1v) is 7.52. The lowest BCUT2D eigenvalue weighted by Gasteiger charge is -2.15. The van der Waals surface area contributed by atoms with E-state index in [2.05, 4.69) is 9.97 Å². The van der Waals surface area contributed by atoms with Crippen molar-refractivity contribution in [2.75, 3.05) is 6.61 Å². The first-order chi connectivity index (χ1) is 9.63. The Kier molecular flexibility index (Phi) is 8.04. The first-order valence-electron chi connectivity index (χ1n) is 7.52. The van der Waals surface area contributed by atoms with Gasteiger partial charge >= 0.3 is 0 Å². The number of aryl methyl sites for hydroxylation is 1. The molecule has 0 bridgehead atoms. The zero-order valence-electron chi connectivity index (χ0n) is 12.6. The van der Waals surface area contributed by atoms with E-state index in [1.807, 2.05) is 19.3 Å². The molecule has 0 amide bonds. The minimum Gasteiger partial charge on any atom is -0.396 e. The molecule has 0 aliphatic heterocycles. The highest BCUT2D eigenvalue weighted by Crippen LogP contribution is 2.25. The Hall–Kier alpha value is -1.29. The highest BCUT2D eigenvalue weighted by molar-refractivity contribution is 5.76. The number of nitrogens with zero attached hydrogens (tertiary/aromatic N) is 2. The number of hydrogen-bond donors (Lipinski definition) is 1. The summed E-state index contributed by atoms with van der Waals surface area (Å²) < 4.78 is 0. The number of rotatable bonds is 10. The molecule has 1 aromatic heterocycles. The Labute approximate surface area is 121 Å². The average molecular weight is 278 g/mol. The third-order valence-electron chi connectivity index (χ3n) is 3.52. The Morgan fingerprint density at radius 2 is 1.75 bits per heavy atom. The van der Waals surface area contributed by atoms with E-state index < -0.39 is 0 Å². The van der Waals surface area contributed by atoms with Crippen molar-refractivity contribution >= 4 is 5.78 Å². The molecule has 4 nitrogen and oxygen atoms in total. The molecule has 0 spiro atoms. The van der Waals surface area contributed by atoms with Crippen LogP contribution in [0, 0.1) is 6.92 Å². The summed E-state index contributed by atoms with van der Waals surface area (Å²) in [6.45, 7) is 3.79. The molecule has 1 N–H and O–H groups in total. The molecule has 4 heteroatoms.